The maximum Gasteiger partial charge on any atom is 0.260 e. The first kappa shape index (κ1) is 22.1. The van der Waals surface area contributed by atoms with Crippen LogP contribution >= 0.6 is 23.1 Å². The molecule has 0 radical (unpaired) electrons. The van der Waals surface area contributed by atoms with E-state index < -0.39 is 0 Å². The van der Waals surface area contributed by atoms with Crippen molar-refractivity contribution in [1.82, 2.24) is 4.98 Å². The highest BCUT2D eigenvalue weighted by Gasteiger charge is 2.27. The van der Waals surface area contributed by atoms with Crippen LogP contribution in [0, 0.1) is 0 Å². The molecule has 0 saturated carbocycles. The number of thioether (sulfide) groups is 1. The lowest BCUT2D eigenvalue weighted by Gasteiger charge is -2.23. The Morgan fingerprint density at radius 1 is 1.29 bits per heavy atom. The first-order valence-electron chi connectivity index (χ1n) is 10.8. The summed E-state index contributed by atoms with van der Waals surface area (Å²) in [6.07, 6.45) is 6.21. The number of thiazole rings is 1. The summed E-state index contributed by atoms with van der Waals surface area (Å²) in [5, 5.41) is 0.722. The fourth-order valence-electron chi connectivity index (χ4n) is 3.62. The quantitative estimate of drug-likeness (QED) is 0.291. The Morgan fingerprint density at radius 2 is 2.13 bits per heavy atom. The first-order chi connectivity index (χ1) is 15.2. The van der Waals surface area contributed by atoms with Gasteiger partial charge < -0.3 is 9.47 Å². The Labute approximate surface area is 191 Å². The molecule has 2 heterocycles. The number of anilines is 1. The van der Waals surface area contributed by atoms with Gasteiger partial charge in [-0.25, -0.2) is 4.98 Å². The zero-order valence-corrected chi connectivity index (χ0v) is 19.6. The van der Waals surface area contributed by atoms with Crippen molar-refractivity contribution in [3.63, 3.8) is 0 Å². The second kappa shape index (κ2) is 10.5. The Bertz CT molecular complexity index is 1010. The molecule has 4 rings (SSSR count). The summed E-state index contributed by atoms with van der Waals surface area (Å²) in [5.41, 5.74) is 1.59. The maximum absolute atomic E-state index is 13.5. The van der Waals surface area contributed by atoms with Gasteiger partial charge in [0.2, 0.25) is 0 Å². The third-order valence-corrected chi connectivity index (χ3v) is 7.16. The van der Waals surface area contributed by atoms with Gasteiger partial charge in [-0.05, 0) is 61.9 Å². The van der Waals surface area contributed by atoms with E-state index in [2.05, 4.69) is 19.1 Å². The lowest BCUT2D eigenvalue weighted by molar-refractivity contribution is 0.0917. The predicted octanol–water partition coefficient (Wildman–Crippen LogP) is 6.02. The van der Waals surface area contributed by atoms with E-state index in [0.717, 1.165) is 58.3 Å². The summed E-state index contributed by atoms with van der Waals surface area (Å²) in [6, 6.07) is 13.6. The molecule has 1 saturated heterocycles. The van der Waals surface area contributed by atoms with Gasteiger partial charge >= 0.3 is 0 Å². The van der Waals surface area contributed by atoms with Crippen molar-refractivity contribution in [1.29, 1.82) is 0 Å². The van der Waals surface area contributed by atoms with Gasteiger partial charge in [-0.1, -0.05) is 30.7 Å². The molecule has 1 unspecified atom stereocenters. The number of para-hydroxylation sites is 1. The molecule has 31 heavy (non-hydrogen) atoms. The van der Waals surface area contributed by atoms with E-state index in [1.807, 2.05) is 36.6 Å². The van der Waals surface area contributed by atoms with E-state index in [0.29, 0.717) is 18.7 Å². The smallest absolute Gasteiger partial charge is 0.260 e. The molecule has 2 aromatic carbocycles. The van der Waals surface area contributed by atoms with Crippen LogP contribution in [0.15, 0.2) is 47.4 Å². The normalized spacial score (nSPS) is 16.0. The minimum Gasteiger partial charge on any atom is -0.494 e. The highest BCUT2D eigenvalue weighted by molar-refractivity contribution is 7.98. The fourth-order valence-corrected chi connectivity index (χ4v) is 5.24. The van der Waals surface area contributed by atoms with Crippen LogP contribution < -0.4 is 9.64 Å². The summed E-state index contributed by atoms with van der Waals surface area (Å²) in [7, 11) is 0. The van der Waals surface area contributed by atoms with Gasteiger partial charge in [0.05, 0.1) is 29.5 Å². The average molecular weight is 457 g/mol. The molecule has 3 aromatic rings. The molecule has 164 valence electrons. The molecule has 5 nitrogen and oxygen atoms in total. The number of amides is 1. The van der Waals surface area contributed by atoms with Crippen LogP contribution in [0.1, 0.15) is 43.0 Å². The van der Waals surface area contributed by atoms with Crippen LogP contribution in [0.5, 0.6) is 5.75 Å². The highest BCUT2D eigenvalue weighted by atomic mass is 32.2. The minimum absolute atomic E-state index is 0.0487. The molecular weight excluding hydrogens is 428 g/mol. The molecule has 1 amide bonds. The van der Waals surface area contributed by atoms with Crippen molar-refractivity contribution in [2.75, 3.05) is 30.9 Å². The summed E-state index contributed by atoms with van der Waals surface area (Å²) in [5.74, 6) is 0.737. The molecule has 0 aliphatic carbocycles. The number of carbonyl (C=O) groups excluding carboxylic acids is 1. The second-order valence-corrected chi connectivity index (χ2v) is 9.44. The van der Waals surface area contributed by atoms with Gasteiger partial charge in [-0.3, -0.25) is 9.69 Å². The van der Waals surface area contributed by atoms with Crippen molar-refractivity contribution in [3.8, 4) is 5.75 Å². The van der Waals surface area contributed by atoms with Gasteiger partial charge in [0.25, 0.3) is 5.91 Å². The van der Waals surface area contributed by atoms with Gasteiger partial charge in [-0.15, -0.1) is 11.8 Å². The summed E-state index contributed by atoms with van der Waals surface area (Å²) >= 11 is 3.23. The van der Waals surface area contributed by atoms with Crippen molar-refractivity contribution >= 4 is 44.4 Å². The minimum atomic E-state index is -0.0552. The van der Waals surface area contributed by atoms with E-state index in [1.54, 1.807) is 28.0 Å². The van der Waals surface area contributed by atoms with Crippen LogP contribution in [-0.2, 0) is 4.74 Å². The molecule has 0 N–H and O–H groups in total. The largest absolute Gasteiger partial charge is 0.494 e. The number of unbranched alkanes of at least 4 members (excludes halogenated alkanes) is 1. The Balaban J connectivity index is 1.61. The topological polar surface area (TPSA) is 51.7 Å². The number of hydrogen-bond acceptors (Lipinski definition) is 6. The van der Waals surface area contributed by atoms with E-state index in [1.165, 1.54) is 0 Å². The third kappa shape index (κ3) is 5.22. The molecule has 0 bridgehead atoms. The van der Waals surface area contributed by atoms with Crippen molar-refractivity contribution < 1.29 is 14.3 Å². The Kier molecular flexibility index (Phi) is 7.48. The first-order valence-corrected chi connectivity index (χ1v) is 12.8. The molecule has 1 aliphatic rings. The summed E-state index contributed by atoms with van der Waals surface area (Å²) < 4.78 is 12.7. The van der Waals surface area contributed by atoms with E-state index >= 15 is 0 Å². The number of benzene rings is 2. The monoisotopic (exact) mass is 456 g/mol. The van der Waals surface area contributed by atoms with Crippen LogP contribution in [0.3, 0.4) is 0 Å². The number of carbonyl (C=O) groups is 1. The lowest BCUT2D eigenvalue weighted by atomic mass is 10.1. The van der Waals surface area contributed by atoms with E-state index in [4.69, 9.17) is 14.5 Å². The van der Waals surface area contributed by atoms with E-state index in [9.17, 15) is 4.79 Å². The van der Waals surface area contributed by atoms with E-state index in [-0.39, 0.29) is 12.0 Å². The van der Waals surface area contributed by atoms with Crippen molar-refractivity contribution in [2.24, 2.45) is 0 Å². The van der Waals surface area contributed by atoms with Gasteiger partial charge in [0.15, 0.2) is 5.13 Å². The molecule has 0 spiro atoms. The molecule has 7 heteroatoms. The molecule has 1 aromatic heterocycles. The Morgan fingerprint density at radius 3 is 2.84 bits per heavy atom. The third-order valence-electron chi connectivity index (χ3n) is 5.34. The van der Waals surface area contributed by atoms with Crippen molar-refractivity contribution in [3.05, 3.63) is 48.0 Å². The Hall–Kier alpha value is -2.09. The zero-order chi connectivity index (χ0) is 21.6. The van der Waals surface area contributed by atoms with Crippen LogP contribution in [0.4, 0.5) is 5.13 Å². The van der Waals surface area contributed by atoms with Crippen molar-refractivity contribution in [2.45, 2.75) is 43.6 Å². The molecule has 1 fully saturated rings. The predicted molar refractivity (Wildman–Crippen MR) is 129 cm³/mol. The summed E-state index contributed by atoms with van der Waals surface area (Å²) in [6.45, 7) is 4.10. The lowest BCUT2D eigenvalue weighted by Crippen LogP contribution is -2.37. The van der Waals surface area contributed by atoms with Gasteiger partial charge in [0, 0.05) is 17.1 Å². The molecule has 1 atom stereocenters. The van der Waals surface area contributed by atoms with Crippen LogP contribution in [0.25, 0.3) is 10.2 Å². The number of ether oxygens (including phenoxy) is 2. The zero-order valence-electron chi connectivity index (χ0n) is 18.0. The summed E-state index contributed by atoms with van der Waals surface area (Å²) in [4.78, 5) is 21.3. The fraction of sp³-hybridized carbons (Fsp3) is 0.417. The van der Waals surface area contributed by atoms with Crippen LogP contribution in [0.2, 0.25) is 0 Å². The van der Waals surface area contributed by atoms with Gasteiger partial charge in [0.1, 0.15) is 5.75 Å². The second-order valence-electron chi connectivity index (χ2n) is 7.58. The maximum atomic E-state index is 13.5. The SMILES string of the molecule is CCCCOc1ccc(C(=O)N(CC2CCCO2)c2nc3c(SC)cccc3s2)cc1. The number of nitrogens with zero attached hydrogens (tertiary/aromatic N) is 2. The number of hydrogen-bond donors (Lipinski definition) is 0. The average Bonchev–Trinajstić information content (AvgIpc) is 3.47. The number of fused-ring (bicyclic) bond motifs is 1. The van der Waals surface area contributed by atoms with Crippen LogP contribution in [-0.4, -0.2) is 43.0 Å². The highest BCUT2D eigenvalue weighted by Crippen LogP contribution is 2.35. The molecular formula is C24H28N2O3S2. The van der Waals surface area contributed by atoms with Gasteiger partial charge in [-0.2, -0.15) is 0 Å². The molecule has 1 aliphatic heterocycles. The standard InChI is InChI=1S/C24H28N2O3S2/c1-3-4-14-28-18-12-10-17(11-13-18)23(27)26(16-19-7-6-15-29-19)24-25-22-20(30-2)8-5-9-21(22)31-24/h5,8-13,19H,3-4,6-7,14-16H2,1-2H3. The number of rotatable bonds is 9. The number of aromatic nitrogens is 1.